The molecule has 4 N–H and O–H groups in total. The van der Waals surface area contributed by atoms with Gasteiger partial charge in [0.2, 0.25) is 17.7 Å². The van der Waals surface area contributed by atoms with E-state index in [0.717, 1.165) is 31.2 Å². The van der Waals surface area contributed by atoms with Gasteiger partial charge in [0.05, 0.1) is 6.04 Å². The van der Waals surface area contributed by atoms with E-state index in [1.807, 2.05) is 6.07 Å². The number of hydrogen-bond donors (Lipinski definition) is 4. The topological polar surface area (TPSA) is 146 Å². The van der Waals surface area contributed by atoms with Crippen molar-refractivity contribution in [1.29, 1.82) is 0 Å². The first-order valence-electron chi connectivity index (χ1n) is 13.9. The predicted molar refractivity (Wildman–Crippen MR) is 143 cm³/mol. The highest BCUT2D eigenvalue weighted by Gasteiger charge is 2.43. The van der Waals surface area contributed by atoms with E-state index < -0.39 is 24.2 Å². The molecule has 0 radical (unpaired) electrons. The van der Waals surface area contributed by atoms with Crippen LogP contribution in [0.2, 0.25) is 0 Å². The van der Waals surface area contributed by atoms with Crippen molar-refractivity contribution < 1.29 is 28.7 Å². The quantitative estimate of drug-likeness (QED) is 0.364. The minimum atomic E-state index is -0.796. The number of likely N-dealkylation sites (N-methyl/N-ethyl adjacent to an activating group) is 1. The van der Waals surface area contributed by atoms with Crippen LogP contribution in [0.25, 0.3) is 0 Å². The lowest BCUT2D eigenvalue weighted by Gasteiger charge is -2.35. The first-order chi connectivity index (χ1) is 18.8. The molecule has 3 aliphatic rings. The van der Waals surface area contributed by atoms with Crippen molar-refractivity contribution >= 4 is 35.3 Å². The molecule has 5 unspecified atom stereocenters. The van der Waals surface area contributed by atoms with Crippen LogP contribution < -0.4 is 21.3 Å². The molecule has 4 amide bonds. The number of carbonyl (C=O) groups is 5. The van der Waals surface area contributed by atoms with E-state index in [0.29, 0.717) is 37.8 Å². The molecule has 3 aliphatic heterocycles. The average Bonchev–Trinajstić information content (AvgIpc) is 3.35. The minimum Gasteiger partial charge on any atom is -0.452 e. The third kappa shape index (κ3) is 7.14. The molecule has 39 heavy (non-hydrogen) atoms. The lowest BCUT2D eigenvalue weighted by molar-refractivity contribution is -0.158. The molecule has 1 aromatic rings. The maximum atomic E-state index is 13.6. The molecular weight excluding hydrogens is 502 g/mol. The van der Waals surface area contributed by atoms with Gasteiger partial charge in [-0.3, -0.25) is 24.0 Å². The molecule has 3 fully saturated rings. The monoisotopic (exact) mass is 541 g/mol. The summed E-state index contributed by atoms with van der Waals surface area (Å²) in [5.41, 5.74) is 1.32. The Morgan fingerprint density at radius 1 is 1.03 bits per heavy atom. The highest BCUT2D eigenvalue weighted by Crippen LogP contribution is 2.31. The van der Waals surface area contributed by atoms with E-state index >= 15 is 0 Å². The molecule has 0 spiro atoms. The van der Waals surface area contributed by atoms with Gasteiger partial charge in [0.25, 0.3) is 5.91 Å². The van der Waals surface area contributed by atoms with Gasteiger partial charge in [-0.05, 0) is 70.2 Å². The Balaban J connectivity index is 1.36. The predicted octanol–water partition coefficient (Wildman–Crippen LogP) is 1.36. The van der Waals surface area contributed by atoms with E-state index in [2.05, 4.69) is 21.3 Å². The van der Waals surface area contributed by atoms with Crippen molar-refractivity contribution in [3.05, 3.63) is 29.8 Å². The van der Waals surface area contributed by atoms with Crippen LogP contribution in [0.1, 0.15) is 70.3 Å². The van der Waals surface area contributed by atoms with Crippen LogP contribution in [0.5, 0.6) is 0 Å². The van der Waals surface area contributed by atoms with Crippen molar-refractivity contribution in [3.63, 3.8) is 0 Å². The molecule has 11 heteroatoms. The molecule has 4 rings (SSSR count). The Bertz CT molecular complexity index is 1090. The van der Waals surface area contributed by atoms with Crippen molar-refractivity contribution in [2.45, 2.75) is 102 Å². The molecular formula is C28H39N5O6. The first kappa shape index (κ1) is 28.5. The van der Waals surface area contributed by atoms with Gasteiger partial charge in [-0.1, -0.05) is 25.0 Å². The second kappa shape index (κ2) is 13.1. The fourth-order valence-electron chi connectivity index (χ4n) is 5.53. The Morgan fingerprint density at radius 2 is 1.82 bits per heavy atom. The third-order valence-corrected chi connectivity index (χ3v) is 7.86. The van der Waals surface area contributed by atoms with Crippen LogP contribution in [0.15, 0.2) is 24.3 Å². The number of fused-ring (bicyclic) bond motifs is 1. The van der Waals surface area contributed by atoms with Gasteiger partial charge in [0.1, 0.15) is 12.1 Å². The summed E-state index contributed by atoms with van der Waals surface area (Å²) in [5.74, 6) is -1.40. The molecule has 11 nitrogen and oxygen atoms in total. The number of nitrogens with one attached hydrogen (secondary N) is 4. The number of carbonyl (C=O) groups excluding carboxylic acids is 5. The van der Waals surface area contributed by atoms with Crippen LogP contribution in [0, 0.1) is 0 Å². The summed E-state index contributed by atoms with van der Waals surface area (Å²) >= 11 is 0. The van der Waals surface area contributed by atoms with Crippen molar-refractivity contribution in [2.75, 3.05) is 12.4 Å². The highest BCUT2D eigenvalue weighted by atomic mass is 16.5. The van der Waals surface area contributed by atoms with E-state index in [1.54, 1.807) is 37.1 Å². The van der Waals surface area contributed by atoms with E-state index in [-0.39, 0.29) is 42.2 Å². The zero-order valence-electron chi connectivity index (χ0n) is 22.7. The normalized spacial score (nSPS) is 25.9. The molecule has 0 saturated carbocycles. The van der Waals surface area contributed by atoms with Gasteiger partial charge in [-0.15, -0.1) is 0 Å². The van der Waals surface area contributed by atoms with Crippen LogP contribution in [0.3, 0.4) is 0 Å². The minimum absolute atomic E-state index is 0.0119. The number of cyclic esters (lactones) is 1. The second-order valence-electron chi connectivity index (χ2n) is 10.6. The molecule has 212 valence electrons. The molecule has 3 saturated heterocycles. The smallest absolute Gasteiger partial charge is 0.306 e. The number of esters is 1. The lowest BCUT2D eigenvalue weighted by Crippen LogP contribution is -2.57. The number of ether oxygens (including phenoxy) is 1. The molecule has 5 atom stereocenters. The number of rotatable bonds is 8. The summed E-state index contributed by atoms with van der Waals surface area (Å²) in [7, 11) is 1.69. The Morgan fingerprint density at radius 3 is 2.59 bits per heavy atom. The maximum absolute atomic E-state index is 13.6. The zero-order chi connectivity index (χ0) is 27.9. The third-order valence-electron chi connectivity index (χ3n) is 7.86. The van der Waals surface area contributed by atoms with Gasteiger partial charge in [0, 0.05) is 24.7 Å². The molecule has 0 aliphatic carbocycles. The van der Waals surface area contributed by atoms with Crippen LogP contribution in [0.4, 0.5) is 5.69 Å². The Hall–Kier alpha value is -3.47. The van der Waals surface area contributed by atoms with Crippen molar-refractivity contribution in [2.24, 2.45) is 0 Å². The van der Waals surface area contributed by atoms with E-state index in [4.69, 9.17) is 4.74 Å². The SMILES string of the molecule is CNC(C)C(=O)NC1CCCCC2CCC(C(=O)NCc3cccc(NC(=O)C4CCCC(=O)O4)c3)N2C1=O. The number of amides is 4. The standard InChI is InChI=1S/C28H39N5O6/c1-17(29-2)25(35)32-21-10-4-3-9-20-13-14-22(33(20)28(21)38)26(36)30-16-18-7-5-8-19(15-18)31-27(37)23-11-6-12-24(34)39-23/h5,7-8,15,17,20-23,29H,3-4,6,9-14,16H2,1-2H3,(H,30,36)(H,31,37)(H,32,35). The van der Waals surface area contributed by atoms with E-state index in [9.17, 15) is 24.0 Å². The van der Waals surface area contributed by atoms with Crippen LogP contribution >= 0.6 is 0 Å². The van der Waals surface area contributed by atoms with Crippen LogP contribution in [-0.2, 0) is 35.3 Å². The van der Waals surface area contributed by atoms with Gasteiger partial charge in [0.15, 0.2) is 6.10 Å². The summed E-state index contributed by atoms with van der Waals surface area (Å²) in [6.45, 7) is 1.97. The summed E-state index contributed by atoms with van der Waals surface area (Å²) in [4.78, 5) is 65.0. The Labute approximate surface area is 228 Å². The first-order valence-corrected chi connectivity index (χ1v) is 13.9. The van der Waals surface area contributed by atoms with E-state index in [1.165, 1.54) is 0 Å². The van der Waals surface area contributed by atoms with Gasteiger partial charge in [-0.25, -0.2) is 0 Å². The summed E-state index contributed by atoms with van der Waals surface area (Å²) in [6, 6.07) is 5.43. The molecule has 0 bridgehead atoms. The van der Waals surface area contributed by atoms with Crippen molar-refractivity contribution in [3.8, 4) is 0 Å². The van der Waals surface area contributed by atoms with Crippen molar-refractivity contribution in [1.82, 2.24) is 20.9 Å². The lowest BCUT2D eigenvalue weighted by atomic mass is 9.98. The van der Waals surface area contributed by atoms with Gasteiger partial charge in [-0.2, -0.15) is 0 Å². The van der Waals surface area contributed by atoms with Gasteiger partial charge < -0.3 is 30.9 Å². The second-order valence-corrected chi connectivity index (χ2v) is 10.6. The van der Waals surface area contributed by atoms with Crippen LogP contribution in [-0.4, -0.2) is 71.8 Å². The average molecular weight is 542 g/mol. The zero-order valence-corrected chi connectivity index (χ0v) is 22.7. The summed E-state index contributed by atoms with van der Waals surface area (Å²) in [5, 5.41) is 11.5. The highest BCUT2D eigenvalue weighted by molar-refractivity contribution is 5.96. The maximum Gasteiger partial charge on any atom is 0.306 e. The summed E-state index contributed by atoms with van der Waals surface area (Å²) < 4.78 is 5.13. The Kier molecular flexibility index (Phi) is 9.55. The molecule has 0 aromatic heterocycles. The number of hydrogen-bond acceptors (Lipinski definition) is 7. The molecule has 3 heterocycles. The number of anilines is 1. The number of nitrogens with zero attached hydrogens (tertiary/aromatic N) is 1. The fourth-order valence-corrected chi connectivity index (χ4v) is 5.53. The van der Waals surface area contributed by atoms with Gasteiger partial charge >= 0.3 is 5.97 Å². The molecule has 1 aromatic carbocycles. The largest absolute Gasteiger partial charge is 0.452 e. The number of benzene rings is 1. The summed E-state index contributed by atoms with van der Waals surface area (Å²) in [6.07, 6.45) is 5.16. The fraction of sp³-hybridized carbons (Fsp3) is 0.607.